The van der Waals surface area contributed by atoms with E-state index in [0.29, 0.717) is 5.69 Å². The number of nitrogens with zero attached hydrogens (tertiary/aromatic N) is 1. The van der Waals surface area contributed by atoms with Crippen molar-refractivity contribution in [1.82, 2.24) is 10.2 Å². The van der Waals surface area contributed by atoms with E-state index in [1.54, 1.807) is 6.07 Å². The van der Waals surface area contributed by atoms with E-state index in [-0.39, 0.29) is 5.91 Å². The van der Waals surface area contributed by atoms with Gasteiger partial charge in [0.05, 0.1) is 0 Å². The Morgan fingerprint density at radius 2 is 2.11 bits per heavy atom. The fourth-order valence-electron chi connectivity index (χ4n) is 1.72. The monoisotopic (exact) mass is 243 g/mol. The summed E-state index contributed by atoms with van der Waals surface area (Å²) in [4.78, 5) is 11.9. The van der Waals surface area contributed by atoms with Gasteiger partial charge in [0.1, 0.15) is 0 Å². The molecule has 0 unspecified atom stereocenters. The Morgan fingerprint density at radius 3 is 2.78 bits per heavy atom. The Hall–Kier alpha value is -2.10. The standard InChI is InChI=1S/C14H17N3O/c1-3-10-6-5-7-12(8-10)15-14(18)13-9-11(4-2)16-17-13/h5-9H,3-4H2,1-2H3,(H,15,18)(H,16,17). The first-order chi connectivity index (χ1) is 8.72. The minimum atomic E-state index is -0.181. The van der Waals surface area contributed by atoms with E-state index < -0.39 is 0 Å². The Bertz CT molecular complexity index is 545. The lowest BCUT2D eigenvalue weighted by Crippen LogP contribution is -2.12. The van der Waals surface area contributed by atoms with Crippen LogP contribution in [0.25, 0.3) is 0 Å². The summed E-state index contributed by atoms with van der Waals surface area (Å²) in [5.41, 5.74) is 3.39. The van der Waals surface area contributed by atoms with Gasteiger partial charge in [-0.3, -0.25) is 9.89 Å². The van der Waals surface area contributed by atoms with Crippen LogP contribution in [-0.4, -0.2) is 16.1 Å². The first-order valence-electron chi connectivity index (χ1n) is 6.17. The summed E-state index contributed by atoms with van der Waals surface area (Å²) in [6.07, 6.45) is 1.79. The molecule has 2 rings (SSSR count). The minimum absolute atomic E-state index is 0.181. The summed E-state index contributed by atoms with van der Waals surface area (Å²) in [5, 5.41) is 9.67. The van der Waals surface area contributed by atoms with Gasteiger partial charge in [-0.15, -0.1) is 0 Å². The largest absolute Gasteiger partial charge is 0.321 e. The van der Waals surface area contributed by atoms with Gasteiger partial charge in [0, 0.05) is 11.4 Å². The van der Waals surface area contributed by atoms with Crippen molar-refractivity contribution in [2.24, 2.45) is 0 Å². The zero-order chi connectivity index (χ0) is 13.0. The molecule has 0 aliphatic carbocycles. The quantitative estimate of drug-likeness (QED) is 0.867. The van der Waals surface area contributed by atoms with Crippen molar-refractivity contribution in [2.45, 2.75) is 26.7 Å². The Balaban J connectivity index is 2.10. The highest BCUT2D eigenvalue weighted by Crippen LogP contribution is 2.12. The fourth-order valence-corrected chi connectivity index (χ4v) is 1.72. The Kier molecular flexibility index (Phi) is 3.77. The molecule has 0 saturated carbocycles. The summed E-state index contributed by atoms with van der Waals surface area (Å²) < 4.78 is 0. The van der Waals surface area contributed by atoms with Crippen LogP contribution in [0.4, 0.5) is 5.69 Å². The smallest absolute Gasteiger partial charge is 0.276 e. The average Bonchev–Trinajstić information content (AvgIpc) is 2.88. The number of aromatic nitrogens is 2. The highest BCUT2D eigenvalue weighted by atomic mass is 16.1. The second-order valence-electron chi connectivity index (χ2n) is 4.14. The molecule has 2 N–H and O–H groups in total. The third kappa shape index (κ3) is 2.77. The van der Waals surface area contributed by atoms with Gasteiger partial charge < -0.3 is 5.32 Å². The number of carbonyl (C=O) groups excluding carboxylic acids is 1. The molecule has 1 amide bonds. The second kappa shape index (κ2) is 5.49. The number of carbonyl (C=O) groups is 1. The predicted octanol–water partition coefficient (Wildman–Crippen LogP) is 2.79. The Morgan fingerprint density at radius 1 is 1.28 bits per heavy atom. The van der Waals surface area contributed by atoms with Crippen molar-refractivity contribution in [2.75, 3.05) is 5.32 Å². The number of nitrogens with one attached hydrogen (secondary N) is 2. The molecule has 0 fully saturated rings. The van der Waals surface area contributed by atoms with Crippen molar-refractivity contribution in [3.8, 4) is 0 Å². The summed E-state index contributed by atoms with van der Waals surface area (Å²) in [6, 6.07) is 9.62. The molecule has 1 heterocycles. The zero-order valence-corrected chi connectivity index (χ0v) is 10.7. The van der Waals surface area contributed by atoms with Crippen LogP contribution in [0, 0.1) is 0 Å². The van der Waals surface area contributed by atoms with Crippen LogP contribution in [0.15, 0.2) is 30.3 Å². The van der Waals surface area contributed by atoms with E-state index >= 15 is 0 Å². The van der Waals surface area contributed by atoms with Gasteiger partial charge in [-0.05, 0) is 36.6 Å². The lowest BCUT2D eigenvalue weighted by molar-refractivity contribution is 0.102. The molecule has 0 spiro atoms. The lowest BCUT2D eigenvalue weighted by Gasteiger charge is -2.04. The van der Waals surface area contributed by atoms with Crippen LogP contribution in [-0.2, 0) is 12.8 Å². The molecule has 1 aromatic carbocycles. The molecule has 0 saturated heterocycles. The zero-order valence-electron chi connectivity index (χ0n) is 10.7. The normalized spacial score (nSPS) is 10.3. The molecule has 1 aromatic heterocycles. The number of aryl methyl sites for hydroxylation is 2. The second-order valence-corrected chi connectivity index (χ2v) is 4.14. The van der Waals surface area contributed by atoms with Gasteiger partial charge in [-0.25, -0.2) is 0 Å². The van der Waals surface area contributed by atoms with Crippen LogP contribution in [0.2, 0.25) is 0 Å². The summed E-state index contributed by atoms with van der Waals surface area (Å²) in [5.74, 6) is -0.181. The van der Waals surface area contributed by atoms with Gasteiger partial charge in [0.2, 0.25) is 0 Å². The van der Waals surface area contributed by atoms with Gasteiger partial charge >= 0.3 is 0 Å². The van der Waals surface area contributed by atoms with Crippen molar-refractivity contribution in [1.29, 1.82) is 0 Å². The van der Waals surface area contributed by atoms with E-state index in [1.807, 2.05) is 31.2 Å². The molecule has 18 heavy (non-hydrogen) atoms. The first-order valence-corrected chi connectivity index (χ1v) is 6.17. The Labute approximate surface area is 106 Å². The molecule has 0 aliphatic rings. The van der Waals surface area contributed by atoms with Gasteiger partial charge in [0.25, 0.3) is 5.91 Å². The lowest BCUT2D eigenvalue weighted by atomic mass is 10.1. The molecule has 94 valence electrons. The van der Waals surface area contributed by atoms with Crippen molar-refractivity contribution < 1.29 is 4.79 Å². The summed E-state index contributed by atoms with van der Waals surface area (Å²) in [6.45, 7) is 4.10. The number of aromatic amines is 1. The summed E-state index contributed by atoms with van der Waals surface area (Å²) >= 11 is 0. The van der Waals surface area contributed by atoms with Crippen LogP contribution < -0.4 is 5.32 Å². The number of anilines is 1. The number of amides is 1. The highest BCUT2D eigenvalue weighted by molar-refractivity contribution is 6.02. The molecular weight excluding hydrogens is 226 g/mol. The molecular formula is C14H17N3O. The maximum Gasteiger partial charge on any atom is 0.276 e. The van der Waals surface area contributed by atoms with E-state index in [2.05, 4.69) is 22.4 Å². The van der Waals surface area contributed by atoms with Crippen molar-refractivity contribution in [3.05, 3.63) is 47.3 Å². The van der Waals surface area contributed by atoms with Crippen molar-refractivity contribution in [3.63, 3.8) is 0 Å². The van der Waals surface area contributed by atoms with Crippen LogP contribution in [0.1, 0.15) is 35.6 Å². The highest BCUT2D eigenvalue weighted by Gasteiger charge is 2.10. The third-order valence-electron chi connectivity index (χ3n) is 2.84. The van der Waals surface area contributed by atoms with E-state index in [9.17, 15) is 4.79 Å². The predicted molar refractivity (Wildman–Crippen MR) is 71.7 cm³/mol. The van der Waals surface area contributed by atoms with Gasteiger partial charge in [-0.2, -0.15) is 5.10 Å². The minimum Gasteiger partial charge on any atom is -0.321 e. The molecule has 4 heteroatoms. The van der Waals surface area contributed by atoms with E-state index in [4.69, 9.17) is 0 Å². The maximum atomic E-state index is 11.9. The van der Waals surface area contributed by atoms with Crippen LogP contribution >= 0.6 is 0 Å². The van der Waals surface area contributed by atoms with E-state index in [0.717, 1.165) is 24.2 Å². The van der Waals surface area contributed by atoms with Gasteiger partial charge in [0.15, 0.2) is 5.69 Å². The number of rotatable bonds is 4. The molecule has 2 aromatic rings. The topological polar surface area (TPSA) is 57.8 Å². The number of hydrogen-bond acceptors (Lipinski definition) is 2. The van der Waals surface area contributed by atoms with E-state index in [1.165, 1.54) is 5.56 Å². The van der Waals surface area contributed by atoms with Crippen LogP contribution in [0.3, 0.4) is 0 Å². The number of benzene rings is 1. The fraction of sp³-hybridized carbons (Fsp3) is 0.286. The summed E-state index contributed by atoms with van der Waals surface area (Å²) in [7, 11) is 0. The molecule has 0 radical (unpaired) electrons. The van der Waals surface area contributed by atoms with Crippen molar-refractivity contribution >= 4 is 11.6 Å². The third-order valence-corrected chi connectivity index (χ3v) is 2.84. The molecule has 0 atom stereocenters. The average molecular weight is 243 g/mol. The maximum absolute atomic E-state index is 11.9. The SMILES string of the molecule is CCc1cccc(NC(=O)c2cc(CC)[nH]n2)c1. The first kappa shape index (κ1) is 12.4. The molecule has 4 nitrogen and oxygen atoms in total. The number of hydrogen-bond donors (Lipinski definition) is 2. The number of H-pyrrole nitrogens is 1. The molecule has 0 aliphatic heterocycles. The van der Waals surface area contributed by atoms with Gasteiger partial charge in [-0.1, -0.05) is 26.0 Å². The molecule has 0 bridgehead atoms. The van der Waals surface area contributed by atoms with Crippen LogP contribution in [0.5, 0.6) is 0 Å².